The number of aromatic nitrogens is 4. The third-order valence-electron chi connectivity index (χ3n) is 6.39. The average Bonchev–Trinajstić information content (AvgIpc) is 3.30. The number of nitrogens with one attached hydrogen (secondary N) is 1. The maximum Gasteiger partial charge on any atom is 0.142 e. The average molecular weight is 373 g/mol. The molecular formula is C21H23N7. The lowest BCUT2D eigenvalue weighted by Crippen LogP contribution is -2.47. The van der Waals surface area contributed by atoms with Gasteiger partial charge in [0.25, 0.3) is 0 Å². The molecule has 142 valence electrons. The first-order valence-electron chi connectivity index (χ1n) is 9.72. The molecular weight excluding hydrogens is 350 g/mol. The van der Waals surface area contributed by atoms with Crippen molar-refractivity contribution in [2.24, 2.45) is 11.3 Å². The van der Waals surface area contributed by atoms with Gasteiger partial charge in [0, 0.05) is 44.0 Å². The Hall–Kier alpha value is -3.14. The summed E-state index contributed by atoms with van der Waals surface area (Å²) in [5.74, 6) is 2.66. The number of fused-ring (bicyclic) bond motifs is 2. The van der Waals surface area contributed by atoms with Crippen LogP contribution in [0.4, 0.5) is 11.6 Å². The van der Waals surface area contributed by atoms with Crippen molar-refractivity contribution in [1.29, 1.82) is 5.26 Å². The number of aryl methyl sites for hydroxylation is 1. The first-order valence-corrected chi connectivity index (χ1v) is 9.72. The van der Waals surface area contributed by atoms with Crippen LogP contribution in [0.3, 0.4) is 0 Å². The van der Waals surface area contributed by atoms with Crippen LogP contribution in [0.25, 0.3) is 11.0 Å². The molecule has 0 saturated carbocycles. The Morgan fingerprint density at radius 2 is 2.07 bits per heavy atom. The second-order valence-corrected chi connectivity index (χ2v) is 8.36. The van der Waals surface area contributed by atoms with E-state index in [0.717, 1.165) is 60.8 Å². The van der Waals surface area contributed by atoms with Gasteiger partial charge in [0.2, 0.25) is 0 Å². The Morgan fingerprint density at radius 3 is 2.89 bits per heavy atom. The monoisotopic (exact) mass is 373 g/mol. The second kappa shape index (κ2) is 6.20. The van der Waals surface area contributed by atoms with Crippen molar-refractivity contribution in [3.63, 3.8) is 0 Å². The third-order valence-corrected chi connectivity index (χ3v) is 6.39. The largest absolute Gasteiger partial charge is 0.355 e. The molecule has 3 aromatic rings. The van der Waals surface area contributed by atoms with Crippen molar-refractivity contribution in [1.82, 2.24) is 19.9 Å². The van der Waals surface area contributed by atoms with Crippen LogP contribution < -0.4 is 9.80 Å². The topological polar surface area (TPSA) is 84.7 Å². The molecule has 2 fully saturated rings. The molecule has 2 atom stereocenters. The molecule has 0 spiro atoms. The molecule has 1 N–H and O–H groups in total. The summed E-state index contributed by atoms with van der Waals surface area (Å²) in [7, 11) is 0. The van der Waals surface area contributed by atoms with Crippen molar-refractivity contribution in [2.75, 3.05) is 36.0 Å². The van der Waals surface area contributed by atoms with Gasteiger partial charge in [-0.3, -0.25) is 0 Å². The van der Waals surface area contributed by atoms with Crippen LogP contribution in [-0.2, 0) is 0 Å². The van der Waals surface area contributed by atoms with E-state index in [1.807, 2.05) is 19.2 Å². The van der Waals surface area contributed by atoms with Gasteiger partial charge in [0.15, 0.2) is 0 Å². The normalized spacial score (nSPS) is 24.4. The molecule has 0 radical (unpaired) electrons. The number of anilines is 2. The minimum absolute atomic E-state index is 0.174. The molecule has 7 heteroatoms. The lowest BCUT2D eigenvalue weighted by molar-refractivity contribution is 0.216. The maximum atomic E-state index is 9.10. The van der Waals surface area contributed by atoms with Gasteiger partial charge in [-0.15, -0.1) is 0 Å². The van der Waals surface area contributed by atoms with E-state index < -0.39 is 0 Å². The third kappa shape index (κ3) is 2.60. The Bertz CT molecular complexity index is 1080. The van der Waals surface area contributed by atoms with Crippen LogP contribution in [0.1, 0.15) is 24.5 Å². The highest BCUT2D eigenvalue weighted by Crippen LogP contribution is 2.44. The fourth-order valence-corrected chi connectivity index (χ4v) is 4.97. The smallest absolute Gasteiger partial charge is 0.142 e. The van der Waals surface area contributed by atoms with Crippen LogP contribution >= 0.6 is 0 Å². The molecule has 28 heavy (non-hydrogen) atoms. The summed E-state index contributed by atoms with van der Waals surface area (Å²) in [5.41, 5.74) is 2.76. The fourth-order valence-electron chi connectivity index (χ4n) is 4.97. The van der Waals surface area contributed by atoms with E-state index in [4.69, 9.17) is 5.26 Å². The number of H-pyrrole nitrogens is 1. The van der Waals surface area contributed by atoms with Gasteiger partial charge in [-0.05, 0) is 37.0 Å². The predicted octanol–water partition coefficient (Wildman–Crippen LogP) is 2.89. The molecule has 0 bridgehead atoms. The van der Waals surface area contributed by atoms with E-state index >= 15 is 0 Å². The van der Waals surface area contributed by atoms with Crippen molar-refractivity contribution < 1.29 is 0 Å². The van der Waals surface area contributed by atoms with Gasteiger partial charge in [0.05, 0.1) is 10.9 Å². The minimum Gasteiger partial charge on any atom is -0.355 e. The van der Waals surface area contributed by atoms with E-state index in [0.29, 0.717) is 11.5 Å². The zero-order valence-corrected chi connectivity index (χ0v) is 16.2. The molecule has 0 amide bonds. The van der Waals surface area contributed by atoms with Gasteiger partial charge in [-0.1, -0.05) is 6.92 Å². The zero-order valence-electron chi connectivity index (χ0n) is 16.2. The first kappa shape index (κ1) is 17.0. The highest BCUT2D eigenvalue weighted by Gasteiger charge is 2.47. The molecule has 2 aliphatic heterocycles. The number of piperidine rings is 1. The summed E-state index contributed by atoms with van der Waals surface area (Å²) in [5, 5.41) is 10.2. The summed E-state index contributed by atoms with van der Waals surface area (Å²) in [6, 6.07) is 6.17. The van der Waals surface area contributed by atoms with Crippen molar-refractivity contribution in [3.8, 4) is 6.07 Å². The van der Waals surface area contributed by atoms with Crippen LogP contribution in [0, 0.1) is 29.6 Å². The summed E-state index contributed by atoms with van der Waals surface area (Å²) < 4.78 is 0. The highest BCUT2D eigenvalue weighted by molar-refractivity contribution is 5.87. The van der Waals surface area contributed by atoms with Crippen LogP contribution in [0.5, 0.6) is 0 Å². The van der Waals surface area contributed by atoms with E-state index in [1.54, 1.807) is 12.5 Å². The number of rotatable bonds is 2. The molecule has 7 nitrogen and oxygen atoms in total. The Balaban J connectivity index is 1.42. The second-order valence-electron chi connectivity index (χ2n) is 8.36. The fraction of sp³-hybridized carbons (Fsp3) is 0.429. The van der Waals surface area contributed by atoms with Crippen molar-refractivity contribution in [2.45, 2.75) is 20.3 Å². The lowest BCUT2D eigenvalue weighted by atomic mass is 9.75. The van der Waals surface area contributed by atoms with Crippen molar-refractivity contribution in [3.05, 3.63) is 42.0 Å². The Kier molecular flexibility index (Phi) is 3.76. The highest BCUT2D eigenvalue weighted by atomic mass is 15.3. The Morgan fingerprint density at radius 1 is 1.21 bits per heavy atom. The predicted molar refractivity (Wildman–Crippen MR) is 108 cm³/mol. The van der Waals surface area contributed by atoms with Gasteiger partial charge in [-0.25, -0.2) is 15.0 Å². The van der Waals surface area contributed by atoms with Crippen LogP contribution in [-0.4, -0.2) is 46.1 Å². The van der Waals surface area contributed by atoms with E-state index in [9.17, 15) is 0 Å². The molecule has 1 unspecified atom stereocenters. The number of hydrogen-bond acceptors (Lipinski definition) is 6. The van der Waals surface area contributed by atoms with Gasteiger partial charge < -0.3 is 14.8 Å². The molecule has 3 aromatic heterocycles. The molecule has 5 heterocycles. The number of nitrogens with zero attached hydrogens (tertiary/aromatic N) is 6. The molecule has 0 aromatic carbocycles. The lowest BCUT2D eigenvalue weighted by Gasteiger charge is -2.42. The maximum absolute atomic E-state index is 9.10. The number of nitriles is 1. The standard InChI is InChI=1S/C21H23N7/c1-14-7-15(8-22)9-24-19(14)28-10-16-4-6-27(11-21(16,2)12-28)20-17-3-5-23-18(17)25-13-26-20/h3,5,7,9,13,16H,4,6,10-12H2,1-2H3,(H,23,25,26)/t16?,21-/m0/s1. The minimum atomic E-state index is 0.174. The molecule has 2 aliphatic rings. The number of aromatic amines is 1. The van der Waals surface area contributed by atoms with E-state index in [2.05, 4.69) is 48.8 Å². The van der Waals surface area contributed by atoms with Crippen molar-refractivity contribution >= 4 is 22.7 Å². The van der Waals surface area contributed by atoms with Gasteiger partial charge >= 0.3 is 0 Å². The number of hydrogen-bond donors (Lipinski definition) is 1. The van der Waals surface area contributed by atoms with Gasteiger partial charge in [0.1, 0.15) is 29.7 Å². The van der Waals surface area contributed by atoms with Crippen LogP contribution in [0.2, 0.25) is 0 Å². The zero-order chi connectivity index (χ0) is 19.3. The summed E-state index contributed by atoms with van der Waals surface area (Å²) >= 11 is 0. The first-order chi connectivity index (χ1) is 13.6. The Labute approximate surface area is 164 Å². The van der Waals surface area contributed by atoms with E-state index in [-0.39, 0.29) is 5.41 Å². The molecule has 2 saturated heterocycles. The summed E-state index contributed by atoms with van der Waals surface area (Å²) in [6.07, 6.45) is 6.39. The van der Waals surface area contributed by atoms with E-state index in [1.165, 1.54) is 0 Å². The summed E-state index contributed by atoms with van der Waals surface area (Å²) in [6.45, 7) is 8.40. The molecule has 0 aliphatic carbocycles. The number of pyridine rings is 1. The van der Waals surface area contributed by atoms with Gasteiger partial charge in [-0.2, -0.15) is 5.26 Å². The molecule has 5 rings (SSSR count). The van der Waals surface area contributed by atoms with Crippen LogP contribution in [0.15, 0.2) is 30.9 Å². The quantitative estimate of drug-likeness (QED) is 0.743. The summed E-state index contributed by atoms with van der Waals surface area (Å²) in [4.78, 5) is 21.5. The SMILES string of the molecule is Cc1cc(C#N)cnc1N1CC2CCN(c3ncnc4[nH]ccc34)C[C@@]2(C)C1.